The molecule has 0 saturated carbocycles. The van der Waals surface area contributed by atoms with Gasteiger partial charge in [-0.25, -0.2) is 0 Å². The average molecular weight is 349 g/mol. The quantitative estimate of drug-likeness (QED) is 0.292. The third kappa shape index (κ3) is 4.97. The zero-order valence-corrected chi connectivity index (χ0v) is 15.4. The van der Waals surface area contributed by atoms with Crippen molar-refractivity contribution in [2.75, 3.05) is 13.7 Å². The number of unbranched alkanes of at least 4 members (excludes halogenated alkanes) is 1. The topological polar surface area (TPSA) is 59.3 Å². The van der Waals surface area contributed by atoms with Crippen LogP contribution in [-0.4, -0.2) is 19.5 Å². The lowest BCUT2D eigenvalue weighted by Crippen LogP contribution is -2.02. The van der Waals surface area contributed by atoms with Gasteiger partial charge in [0, 0.05) is 5.56 Å². The third-order valence-electron chi connectivity index (χ3n) is 3.90. The first kappa shape index (κ1) is 19.3. The Kier molecular flexibility index (Phi) is 6.99. The minimum atomic E-state index is -0.291. The molecule has 0 saturated heterocycles. The molecule has 0 heterocycles. The molecule has 2 aromatic carbocycles. The van der Waals surface area contributed by atoms with Gasteiger partial charge in [0.25, 0.3) is 0 Å². The fourth-order valence-corrected chi connectivity index (χ4v) is 2.48. The van der Waals surface area contributed by atoms with Crippen molar-refractivity contribution >= 4 is 11.9 Å². The number of nitriles is 1. The summed E-state index contributed by atoms with van der Waals surface area (Å²) in [5, 5.41) is 9.44. The van der Waals surface area contributed by atoms with Crippen molar-refractivity contribution in [3.05, 3.63) is 64.7 Å². The molecule has 0 aromatic heterocycles. The summed E-state index contributed by atoms with van der Waals surface area (Å²) in [6, 6.07) is 14.6. The number of benzene rings is 2. The largest absolute Gasteiger partial charge is 0.493 e. The van der Waals surface area contributed by atoms with Gasteiger partial charge in [-0.2, -0.15) is 5.26 Å². The molecule has 0 fully saturated rings. The molecule has 134 valence electrons. The molecule has 26 heavy (non-hydrogen) atoms. The van der Waals surface area contributed by atoms with Crippen LogP contribution >= 0.6 is 0 Å². The molecule has 2 rings (SSSR count). The number of hydrogen-bond acceptors (Lipinski definition) is 4. The van der Waals surface area contributed by atoms with Crippen LogP contribution in [-0.2, 0) is 0 Å². The van der Waals surface area contributed by atoms with Crippen molar-refractivity contribution < 1.29 is 14.3 Å². The number of hydrogen-bond donors (Lipinski definition) is 0. The number of Topliss-reactive ketones (excluding diaryl/α,β-unsaturated/α-hetero) is 1. The minimum Gasteiger partial charge on any atom is -0.493 e. The van der Waals surface area contributed by atoms with E-state index in [1.807, 2.05) is 25.1 Å². The molecule has 0 aliphatic heterocycles. The van der Waals surface area contributed by atoms with Gasteiger partial charge in [-0.3, -0.25) is 4.79 Å². The number of nitrogens with zero attached hydrogens (tertiary/aromatic N) is 1. The van der Waals surface area contributed by atoms with E-state index in [1.165, 1.54) is 0 Å². The second kappa shape index (κ2) is 9.43. The molecule has 2 aromatic rings. The maximum Gasteiger partial charge on any atom is 0.203 e. The summed E-state index contributed by atoms with van der Waals surface area (Å²) in [6.45, 7) is 4.60. The zero-order valence-electron chi connectivity index (χ0n) is 15.4. The second-order valence-electron chi connectivity index (χ2n) is 5.98. The molecule has 0 aliphatic rings. The maximum atomic E-state index is 12.6. The van der Waals surface area contributed by atoms with E-state index >= 15 is 0 Å². The predicted octanol–water partition coefficient (Wildman–Crippen LogP) is 4.97. The number of aryl methyl sites for hydroxylation is 1. The van der Waals surface area contributed by atoms with E-state index in [2.05, 4.69) is 6.92 Å². The van der Waals surface area contributed by atoms with Crippen molar-refractivity contribution in [3.8, 4) is 17.6 Å². The van der Waals surface area contributed by atoms with Gasteiger partial charge in [0.05, 0.1) is 13.7 Å². The van der Waals surface area contributed by atoms with Gasteiger partial charge in [-0.05, 0) is 43.2 Å². The van der Waals surface area contributed by atoms with E-state index < -0.39 is 0 Å². The third-order valence-corrected chi connectivity index (χ3v) is 3.90. The lowest BCUT2D eigenvalue weighted by Gasteiger charge is -2.11. The summed E-state index contributed by atoms with van der Waals surface area (Å²) in [7, 11) is 1.58. The van der Waals surface area contributed by atoms with Crippen LogP contribution in [0.2, 0.25) is 0 Å². The Morgan fingerprint density at radius 1 is 1.19 bits per heavy atom. The Morgan fingerprint density at radius 2 is 2.00 bits per heavy atom. The molecule has 0 N–H and O–H groups in total. The first-order chi connectivity index (χ1) is 12.6. The Hall–Kier alpha value is -3.06. The Labute approximate surface area is 154 Å². The van der Waals surface area contributed by atoms with Gasteiger partial charge in [0.15, 0.2) is 11.5 Å². The normalized spacial score (nSPS) is 10.9. The monoisotopic (exact) mass is 349 g/mol. The number of methoxy groups -OCH3 is 1. The van der Waals surface area contributed by atoms with Crippen molar-refractivity contribution in [2.45, 2.75) is 26.7 Å². The highest BCUT2D eigenvalue weighted by atomic mass is 16.5. The summed E-state index contributed by atoms with van der Waals surface area (Å²) in [5.41, 5.74) is 2.28. The van der Waals surface area contributed by atoms with E-state index in [4.69, 9.17) is 9.47 Å². The Morgan fingerprint density at radius 3 is 2.65 bits per heavy atom. The van der Waals surface area contributed by atoms with Crippen LogP contribution in [0.25, 0.3) is 6.08 Å². The smallest absolute Gasteiger partial charge is 0.203 e. The van der Waals surface area contributed by atoms with E-state index in [0.29, 0.717) is 23.7 Å². The summed E-state index contributed by atoms with van der Waals surface area (Å²) < 4.78 is 11.1. The van der Waals surface area contributed by atoms with Gasteiger partial charge in [0.1, 0.15) is 11.6 Å². The summed E-state index contributed by atoms with van der Waals surface area (Å²) in [6.07, 6.45) is 3.56. The van der Waals surface area contributed by atoms with Gasteiger partial charge >= 0.3 is 0 Å². The molecule has 0 spiro atoms. The standard InChI is InChI=1S/C22H23NO3/c1-4-5-11-26-21-14-17(9-10-20(21)25-3)13-19(15-23)22(24)18-8-6-7-16(2)12-18/h6-10,12-14H,4-5,11H2,1-3H3/b19-13+. The highest BCUT2D eigenvalue weighted by Crippen LogP contribution is 2.29. The highest BCUT2D eigenvalue weighted by Gasteiger charge is 2.13. The van der Waals surface area contributed by atoms with Gasteiger partial charge in [0.2, 0.25) is 5.78 Å². The van der Waals surface area contributed by atoms with Crippen LogP contribution in [0, 0.1) is 18.3 Å². The van der Waals surface area contributed by atoms with E-state index in [1.54, 1.807) is 43.5 Å². The van der Waals surface area contributed by atoms with Gasteiger partial charge < -0.3 is 9.47 Å². The van der Waals surface area contributed by atoms with Crippen molar-refractivity contribution in [3.63, 3.8) is 0 Å². The highest BCUT2D eigenvalue weighted by molar-refractivity contribution is 6.14. The van der Waals surface area contributed by atoms with E-state index in [9.17, 15) is 10.1 Å². The molecule has 4 heteroatoms. The first-order valence-corrected chi connectivity index (χ1v) is 8.63. The Bertz CT molecular complexity index is 847. The number of ketones is 1. The van der Waals surface area contributed by atoms with Crippen molar-refractivity contribution in [1.82, 2.24) is 0 Å². The fourth-order valence-electron chi connectivity index (χ4n) is 2.48. The molecular formula is C22H23NO3. The molecule has 0 bridgehead atoms. The first-order valence-electron chi connectivity index (χ1n) is 8.63. The number of rotatable bonds is 8. The van der Waals surface area contributed by atoms with Crippen LogP contribution in [0.15, 0.2) is 48.0 Å². The van der Waals surface area contributed by atoms with Crippen LogP contribution < -0.4 is 9.47 Å². The van der Waals surface area contributed by atoms with Crippen LogP contribution in [0.5, 0.6) is 11.5 Å². The predicted molar refractivity (Wildman–Crippen MR) is 102 cm³/mol. The maximum absolute atomic E-state index is 12.6. The van der Waals surface area contributed by atoms with E-state index in [0.717, 1.165) is 24.0 Å². The summed E-state index contributed by atoms with van der Waals surface area (Å²) in [5.74, 6) is 0.942. The lowest BCUT2D eigenvalue weighted by atomic mass is 10.0. The number of allylic oxidation sites excluding steroid dienone is 1. The molecule has 0 unspecified atom stereocenters. The number of carbonyl (C=O) groups excluding carboxylic acids is 1. The van der Waals surface area contributed by atoms with Gasteiger partial charge in [-0.15, -0.1) is 0 Å². The second-order valence-corrected chi connectivity index (χ2v) is 5.98. The SMILES string of the molecule is CCCCOc1cc(/C=C(\C#N)C(=O)c2cccc(C)c2)ccc1OC. The molecule has 0 radical (unpaired) electrons. The fraction of sp³-hybridized carbons (Fsp3) is 0.273. The van der Waals surface area contributed by atoms with E-state index in [-0.39, 0.29) is 11.4 Å². The van der Waals surface area contributed by atoms with Crippen molar-refractivity contribution in [1.29, 1.82) is 5.26 Å². The van der Waals surface area contributed by atoms with Gasteiger partial charge in [-0.1, -0.05) is 43.2 Å². The molecule has 0 atom stereocenters. The molecule has 0 aliphatic carbocycles. The number of ether oxygens (including phenoxy) is 2. The van der Waals surface area contributed by atoms with Crippen LogP contribution in [0.3, 0.4) is 0 Å². The summed E-state index contributed by atoms with van der Waals surface area (Å²) in [4.78, 5) is 12.6. The minimum absolute atomic E-state index is 0.0836. The molecule has 4 nitrogen and oxygen atoms in total. The Balaban J connectivity index is 2.31. The lowest BCUT2D eigenvalue weighted by molar-refractivity contribution is 0.104. The number of carbonyl (C=O) groups is 1. The van der Waals surface area contributed by atoms with Crippen LogP contribution in [0.4, 0.5) is 0 Å². The summed E-state index contributed by atoms with van der Waals surface area (Å²) >= 11 is 0. The van der Waals surface area contributed by atoms with Crippen LogP contribution in [0.1, 0.15) is 41.3 Å². The van der Waals surface area contributed by atoms with Crippen molar-refractivity contribution in [2.24, 2.45) is 0 Å². The molecular weight excluding hydrogens is 326 g/mol. The average Bonchev–Trinajstić information content (AvgIpc) is 2.66. The molecule has 0 amide bonds. The zero-order chi connectivity index (χ0) is 18.9.